The molecule has 2 aromatic carbocycles. The summed E-state index contributed by atoms with van der Waals surface area (Å²) in [6, 6.07) is 11.2. The number of nitrogens with one attached hydrogen (secondary N) is 1. The minimum absolute atomic E-state index is 0.0566. The Kier molecular flexibility index (Phi) is 7.12. The highest BCUT2D eigenvalue weighted by molar-refractivity contribution is 7.92. The van der Waals surface area contributed by atoms with E-state index < -0.39 is 22.5 Å². The third-order valence-corrected chi connectivity index (χ3v) is 5.33. The third-order valence-electron chi connectivity index (χ3n) is 3.39. The molecule has 0 radical (unpaired) electrons. The first-order valence-electron chi connectivity index (χ1n) is 7.77. The average molecular weight is 429 g/mol. The first-order valence-corrected chi connectivity index (χ1v) is 10.4. The van der Waals surface area contributed by atoms with Crippen LogP contribution in [0, 0.1) is 0 Å². The fourth-order valence-electron chi connectivity index (χ4n) is 2.19. The summed E-state index contributed by atoms with van der Waals surface area (Å²) in [7, 11) is -3.76. The number of nitrogens with zero attached hydrogens (tertiary/aromatic N) is 1. The molecular weight excluding hydrogens is 411 g/mol. The van der Waals surface area contributed by atoms with Crippen molar-refractivity contribution in [2.24, 2.45) is 0 Å². The van der Waals surface area contributed by atoms with E-state index in [0.717, 1.165) is 10.6 Å². The molecule has 0 fully saturated rings. The molecule has 0 atom stereocenters. The second kappa shape index (κ2) is 9.12. The summed E-state index contributed by atoms with van der Waals surface area (Å²) >= 11 is 12.1. The predicted octanol–water partition coefficient (Wildman–Crippen LogP) is 3.96. The molecule has 0 aliphatic carbocycles. The van der Waals surface area contributed by atoms with E-state index in [1.807, 2.05) is 0 Å². The highest BCUT2D eigenvalue weighted by atomic mass is 35.5. The van der Waals surface area contributed by atoms with Crippen LogP contribution in [0.15, 0.2) is 55.1 Å². The Morgan fingerprint density at radius 1 is 1.22 bits per heavy atom. The second-order valence-corrected chi connectivity index (χ2v) is 8.21. The Bertz CT molecular complexity index is 931. The fraction of sp³-hybridized carbons (Fsp3) is 0.167. The number of ether oxygens (including phenoxy) is 1. The van der Waals surface area contributed by atoms with Gasteiger partial charge in [0.05, 0.1) is 22.0 Å². The summed E-state index contributed by atoms with van der Waals surface area (Å²) in [5.41, 5.74) is 0.631. The number of amides is 1. The van der Waals surface area contributed by atoms with E-state index in [4.69, 9.17) is 27.9 Å². The molecule has 2 rings (SSSR count). The molecule has 0 aliphatic rings. The topological polar surface area (TPSA) is 75.7 Å². The molecule has 1 amide bonds. The Morgan fingerprint density at radius 2 is 1.89 bits per heavy atom. The van der Waals surface area contributed by atoms with Gasteiger partial charge in [0.1, 0.15) is 18.9 Å². The number of hydrogen-bond donors (Lipinski definition) is 1. The summed E-state index contributed by atoms with van der Waals surface area (Å²) in [5.74, 6) is 0.0904. The summed E-state index contributed by atoms with van der Waals surface area (Å²) in [4.78, 5) is 12.4. The third kappa shape index (κ3) is 5.89. The van der Waals surface area contributed by atoms with Gasteiger partial charge in [-0.1, -0.05) is 41.9 Å². The predicted molar refractivity (Wildman–Crippen MR) is 109 cm³/mol. The largest absolute Gasteiger partial charge is 0.490 e. The SMILES string of the molecule is C=CCOc1ccc(NC(=O)CN(c2cccc(Cl)c2Cl)S(C)(=O)=O)cc1. The normalized spacial score (nSPS) is 10.9. The van der Waals surface area contributed by atoms with Crippen molar-refractivity contribution in [3.8, 4) is 5.75 Å². The van der Waals surface area contributed by atoms with E-state index >= 15 is 0 Å². The van der Waals surface area contributed by atoms with Gasteiger partial charge in [0.15, 0.2) is 0 Å². The summed E-state index contributed by atoms with van der Waals surface area (Å²) in [5, 5.41) is 2.88. The quantitative estimate of drug-likeness (QED) is 0.645. The highest BCUT2D eigenvalue weighted by Gasteiger charge is 2.24. The fourth-order valence-corrected chi connectivity index (χ4v) is 3.50. The first kappa shape index (κ1) is 21.1. The zero-order valence-electron chi connectivity index (χ0n) is 14.5. The molecule has 0 aromatic heterocycles. The molecule has 0 saturated carbocycles. The van der Waals surface area contributed by atoms with E-state index in [2.05, 4.69) is 11.9 Å². The maximum atomic E-state index is 12.4. The van der Waals surface area contributed by atoms with Crippen LogP contribution in [-0.4, -0.2) is 33.7 Å². The Labute approximate surface area is 168 Å². The molecular formula is C18H18Cl2N2O4S. The number of hydrogen-bond acceptors (Lipinski definition) is 4. The number of benzene rings is 2. The van der Waals surface area contributed by atoms with Crippen molar-refractivity contribution < 1.29 is 17.9 Å². The molecule has 1 N–H and O–H groups in total. The van der Waals surface area contributed by atoms with Gasteiger partial charge in [-0.25, -0.2) is 8.42 Å². The van der Waals surface area contributed by atoms with Crippen molar-refractivity contribution in [2.45, 2.75) is 0 Å². The first-order chi connectivity index (χ1) is 12.7. The van der Waals surface area contributed by atoms with Crippen LogP contribution in [-0.2, 0) is 14.8 Å². The van der Waals surface area contributed by atoms with Crippen LogP contribution in [0.25, 0.3) is 0 Å². The van der Waals surface area contributed by atoms with Crippen LogP contribution in [0.2, 0.25) is 10.0 Å². The van der Waals surface area contributed by atoms with Gasteiger partial charge >= 0.3 is 0 Å². The molecule has 0 spiro atoms. The Balaban J connectivity index is 2.15. The number of carbonyl (C=O) groups is 1. The monoisotopic (exact) mass is 428 g/mol. The lowest BCUT2D eigenvalue weighted by molar-refractivity contribution is -0.114. The lowest BCUT2D eigenvalue weighted by Gasteiger charge is -2.23. The van der Waals surface area contributed by atoms with Gasteiger partial charge in [-0.3, -0.25) is 9.10 Å². The minimum Gasteiger partial charge on any atom is -0.490 e. The van der Waals surface area contributed by atoms with E-state index in [1.165, 1.54) is 12.1 Å². The number of halogens is 2. The van der Waals surface area contributed by atoms with Gasteiger partial charge in [0.25, 0.3) is 0 Å². The second-order valence-electron chi connectivity index (χ2n) is 5.51. The van der Waals surface area contributed by atoms with E-state index in [0.29, 0.717) is 18.0 Å². The summed E-state index contributed by atoms with van der Waals surface area (Å²) < 4.78 is 30.6. The molecule has 0 saturated heterocycles. The Morgan fingerprint density at radius 3 is 2.48 bits per heavy atom. The van der Waals surface area contributed by atoms with Gasteiger partial charge in [-0.2, -0.15) is 0 Å². The molecule has 6 nitrogen and oxygen atoms in total. The van der Waals surface area contributed by atoms with Crippen LogP contribution in [0.4, 0.5) is 11.4 Å². The van der Waals surface area contributed by atoms with Crippen LogP contribution >= 0.6 is 23.2 Å². The van der Waals surface area contributed by atoms with Crippen LogP contribution in [0.3, 0.4) is 0 Å². The molecule has 2 aromatic rings. The van der Waals surface area contributed by atoms with Crippen molar-refractivity contribution >= 4 is 50.5 Å². The summed E-state index contributed by atoms with van der Waals surface area (Å²) in [6.45, 7) is 3.48. The van der Waals surface area contributed by atoms with Crippen molar-refractivity contribution in [3.05, 3.63) is 65.2 Å². The summed E-state index contributed by atoms with van der Waals surface area (Å²) in [6.07, 6.45) is 2.61. The number of anilines is 2. The van der Waals surface area contributed by atoms with Gasteiger partial charge in [-0.05, 0) is 36.4 Å². The van der Waals surface area contributed by atoms with Crippen molar-refractivity contribution in [1.29, 1.82) is 0 Å². The maximum Gasteiger partial charge on any atom is 0.245 e. The van der Waals surface area contributed by atoms with E-state index in [9.17, 15) is 13.2 Å². The van der Waals surface area contributed by atoms with Gasteiger partial charge in [-0.15, -0.1) is 0 Å². The number of carbonyl (C=O) groups excluding carboxylic acids is 1. The molecule has 0 heterocycles. The molecule has 0 unspecified atom stereocenters. The molecule has 0 aliphatic heterocycles. The lowest BCUT2D eigenvalue weighted by Crippen LogP contribution is -2.37. The van der Waals surface area contributed by atoms with Crippen molar-refractivity contribution in [2.75, 3.05) is 29.0 Å². The van der Waals surface area contributed by atoms with E-state index in [-0.39, 0.29) is 15.7 Å². The van der Waals surface area contributed by atoms with Crippen molar-refractivity contribution in [1.82, 2.24) is 0 Å². The number of rotatable bonds is 8. The molecule has 0 bridgehead atoms. The number of sulfonamides is 1. The van der Waals surface area contributed by atoms with E-state index in [1.54, 1.807) is 36.4 Å². The van der Waals surface area contributed by atoms with Gasteiger partial charge in [0.2, 0.25) is 15.9 Å². The van der Waals surface area contributed by atoms with Crippen LogP contribution in [0.1, 0.15) is 0 Å². The van der Waals surface area contributed by atoms with Gasteiger partial charge in [0, 0.05) is 5.69 Å². The molecule has 9 heteroatoms. The zero-order chi connectivity index (χ0) is 20.0. The average Bonchev–Trinajstić information content (AvgIpc) is 2.61. The minimum atomic E-state index is -3.76. The smallest absolute Gasteiger partial charge is 0.245 e. The standard InChI is InChI=1S/C18H18Cl2N2O4S/c1-3-11-26-14-9-7-13(8-10-14)21-17(23)12-22(27(2,24)25)16-6-4-5-15(19)18(16)20/h3-10H,1,11-12H2,2H3,(H,21,23). The van der Waals surface area contributed by atoms with Crippen molar-refractivity contribution in [3.63, 3.8) is 0 Å². The maximum absolute atomic E-state index is 12.4. The van der Waals surface area contributed by atoms with Crippen LogP contribution < -0.4 is 14.4 Å². The Hall–Kier alpha value is -2.22. The molecule has 27 heavy (non-hydrogen) atoms. The van der Waals surface area contributed by atoms with Crippen LogP contribution in [0.5, 0.6) is 5.75 Å². The lowest BCUT2D eigenvalue weighted by atomic mass is 10.3. The molecule has 144 valence electrons. The van der Waals surface area contributed by atoms with Gasteiger partial charge < -0.3 is 10.1 Å². The zero-order valence-corrected chi connectivity index (χ0v) is 16.8. The highest BCUT2D eigenvalue weighted by Crippen LogP contribution is 2.33.